The number of aromatic amines is 1. The molecule has 0 spiro atoms. The number of rotatable bonds is 5. The van der Waals surface area contributed by atoms with Gasteiger partial charge in [0, 0.05) is 29.0 Å². The van der Waals surface area contributed by atoms with Crippen molar-refractivity contribution in [2.45, 2.75) is 24.4 Å². The SMILES string of the molecule is CC(NS(=O)(=O)c1c[nH]c(CN)c1)c1cccc(Br)c1. The van der Waals surface area contributed by atoms with E-state index in [0.29, 0.717) is 5.69 Å². The number of hydrogen-bond donors (Lipinski definition) is 3. The number of halogens is 1. The fourth-order valence-electron chi connectivity index (χ4n) is 1.84. The average molecular weight is 358 g/mol. The van der Waals surface area contributed by atoms with Crippen LogP contribution in [0.5, 0.6) is 0 Å². The second-order valence-corrected chi connectivity index (χ2v) is 7.09. The first-order chi connectivity index (χ1) is 9.42. The number of benzene rings is 1. The minimum atomic E-state index is -3.56. The Labute approximate surface area is 126 Å². The highest BCUT2D eigenvalue weighted by atomic mass is 79.9. The Hall–Kier alpha value is -1.15. The van der Waals surface area contributed by atoms with Crippen molar-refractivity contribution in [1.82, 2.24) is 9.71 Å². The van der Waals surface area contributed by atoms with Crippen LogP contribution in [0.4, 0.5) is 0 Å². The van der Waals surface area contributed by atoms with Crippen LogP contribution in [0.15, 0.2) is 45.9 Å². The highest BCUT2D eigenvalue weighted by molar-refractivity contribution is 9.10. The predicted octanol–water partition coefficient (Wildman–Crippen LogP) is 2.28. The third-order valence-corrected chi connectivity index (χ3v) is 4.94. The molecule has 4 N–H and O–H groups in total. The molecule has 5 nitrogen and oxygen atoms in total. The van der Waals surface area contributed by atoms with E-state index in [9.17, 15) is 8.42 Å². The fourth-order valence-corrected chi connectivity index (χ4v) is 3.50. The van der Waals surface area contributed by atoms with Gasteiger partial charge in [-0.2, -0.15) is 0 Å². The van der Waals surface area contributed by atoms with Gasteiger partial charge in [0.25, 0.3) is 0 Å². The number of sulfonamides is 1. The molecule has 2 aromatic rings. The molecule has 0 saturated carbocycles. The molecule has 1 atom stereocenters. The highest BCUT2D eigenvalue weighted by Crippen LogP contribution is 2.20. The van der Waals surface area contributed by atoms with Crippen molar-refractivity contribution in [3.63, 3.8) is 0 Å². The van der Waals surface area contributed by atoms with Gasteiger partial charge in [0.15, 0.2) is 0 Å². The lowest BCUT2D eigenvalue weighted by Gasteiger charge is -2.14. The quantitative estimate of drug-likeness (QED) is 0.766. The molecule has 20 heavy (non-hydrogen) atoms. The van der Waals surface area contributed by atoms with E-state index in [1.165, 1.54) is 12.3 Å². The van der Waals surface area contributed by atoms with Crippen molar-refractivity contribution >= 4 is 26.0 Å². The Morgan fingerprint density at radius 3 is 2.75 bits per heavy atom. The van der Waals surface area contributed by atoms with Crippen molar-refractivity contribution < 1.29 is 8.42 Å². The molecule has 0 aliphatic carbocycles. The van der Waals surface area contributed by atoms with Gasteiger partial charge in [-0.05, 0) is 30.7 Å². The van der Waals surface area contributed by atoms with Gasteiger partial charge in [0.05, 0.1) is 4.90 Å². The van der Waals surface area contributed by atoms with Gasteiger partial charge in [-0.15, -0.1) is 0 Å². The lowest BCUT2D eigenvalue weighted by atomic mass is 10.1. The summed E-state index contributed by atoms with van der Waals surface area (Å²) in [5.74, 6) is 0. The van der Waals surface area contributed by atoms with Crippen LogP contribution in [-0.4, -0.2) is 13.4 Å². The van der Waals surface area contributed by atoms with Crippen molar-refractivity contribution in [1.29, 1.82) is 0 Å². The third kappa shape index (κ3) is 3.49. The summed E-state index contributed by atoms with van der Waals surface area (Å²) in [6.07, 6.45) is 1.44. The Morgan fingerprint density at radius 2 is 2.15 bits per heavy atom. The maximum absolute atomic E-state index is 12.2. The monoisotopic (exact) mass is 357 g/mol. The molecule has 0 amide bonds. The highest BCUT2D eigenvalue weighted by Gasteiger charge is 2.19. The van der Waals surface area contributed by atoms with Crippen molar-refractivity contribution in [3.8, 4) is 0 Å². The van der Waals surface area contributed by atoms with Gasteiger partial charge in [-0.1, -0.05) is 28.1 Å². The standard InChI is InChI=1S/C13H16BrN3O2S/c1-9(10-3-2-4-11(14)5-10)17-20(18,19)13-6-12(7-15)16-8-13/h2-6,8-9,16-17H,7,15H2,1H3. The minimum absolute atomic E-state index is 0.194. The Kier molecular flexibility index (Phi) is 4.64. The molecule has 7 heteroatoms. The van der Waals surface area contributed by atoms with Crippen molar-refractivity contribution in [2.24, 2.45) is 5.73 Å². The van der Waals surface area contributed by atoms with Crippen LogP contribution in [0.3, 0.4) is 0 Å². The summed E-state index contributed by atoms with van der Waals surface area (Å²) < 4.78 is 28.0. The molecular formula is C13H16BrN3O2S. The molecule has 108 valence electrons. The molecule has 0 radical (unpaired) electrons. The Balaban J connectivity index is 2.19. The van der Waals surface area contributed by atoms with E-state index in [-0.39, 0.29) is 17.5 Å². The second-order valence-electron chi connectivity index (χ2n) is 4.46. The number of hydrogen-bond acceptors (Lipinski definition) is 3. The van der Waals surface area contributed by atoms with E-state index >= 15 is 0 Å². The number of aromatic nitrogens is 1. The van der Waals surface area contributed by atoms with Gasteiger partial charge in [-0.3, -0.25) is 0 Å². The first-order valence-corrected chi connectivity index (χ1v) is 8.35. The van der Waals surface area contributed by atoms with Gasteiger partial charge in [0.1, 0.15) is 0 Å². The molecule has 0 aliphatic heterocycles. The average Bonchev–Trinajstić information content (AvgIpc) is 2.87. The molecule has 0 fully saturated rings. The maximum Gasteiger partial charge on any atom is 0.242 e. The predicted molar refractivity (Wildman–Crippen MR) is 81.6 cm³/mol. The minimum Gasteiger partial charge on any atom is -0.363 e. The van der Waals surface area contributed by atoms with Crippen LogP contribution in [0, 0.1) is 0 Å². The number of nitrogens with two attached hydrogens (primary N) is 1. The number of nitrogens with one attached hydrogen (secondary N) is 2. The largest absolute Gasteiger partial charge is 0.363 e. The van der Waals surface area contributed by atoms with Gasteiger partial charge >= 0.3 is 0 Å². The van der Waals surface area contributed by atoms with Crippen LogP contribution in [0.1, 0.15) is 24.2 Å². The maximum atomic E-state index is 12.2. The summed E-state index contributed by atoms with van der Waals surface area (Å²) in [4.78, 5) is 3.03. The summed E-state index contributed by atoms with van der Waals surface area (Å²) >= 11 is 3.37. The van der Waals surface area contributed by atoms with E-state index in [4.69, 9.17) is 5.73 Å². The molecule has 1 unspecified atom stereocenters. The van der Waals surface area contributed by atoms with Crippen LogP contribution in [-0.2, 0) is 16.6 Å². The van der Waals surface area contributed by atoms with Crippen LogP contribution < -0.4 is 10.5 Å². The summed E-state index contributed by atoms with van der Waals surface area (Å²) in [5.41, 5.74) is 7.03. The zero-order chi connectivity index (χ0) is 14.8. The van der Waals surface area contributed by atoms with Gasteiger partial charge in [0.2, 0.25) is 10.0 Å². The fraction of sp³-hybridized carbons (Fsp3) is 0.231. The summed E-state index contributed by atoms with van der Waals surface area (Å²) in [7, 11) is -3.56. The van der Waals surface area contributed by atoms with Crippen LogP contribution >= 0.6 is 15.9 Å². The van der Waals surface area contributed by atoms with Gasteiger partial charge < -0.3 is 10.7 Å². The first kappa shape index (κ1) is 15.2. The van der Waals surface area contributed by atoms with E-state index < -0.39 is 10.0 Å². The van der Waals surface area contributed by atoms with Gasteiger partial charge in [-0.25, -0.2) is 13.1 Å². The molecule has 0 saturated heterocycles. The van der Waals surface area contributed by atoms with E-state index in [2.05, 4.69) is 25.6 Å². The summed E-state index contributed by atoms with van der Waals surface area (Å²) in [6, 6.07) is 8.73. The van der Waals surface area contributed by atoms with E-state index in [1.54, 1.807) is 6.92 Å². The molecule has 1 heterocycles. The zero-order valence-electron chi connectivity index (χ0n) is 10.9. The lowest BCUT2D eigenvalue weighted by molar-refractivity contribution is 0.567. The first-order valence-electron chi connectivity index (χ1n) is 6.07. The van der Waals surface area contributed by atoms with Crippen LogP contribution in [0.25, 0.3) is 0 Å². The second kappa shape index (κ2) is 6.09. The molecule has 0 aliphatic rings. The normalized spacial score (nSPS) is 13.3. The molecule has 0 bridgehead atoms. The zero-order valence-corrected chi connectivity index (χ0v) is 13.3. The summed E-state index contributed by atoms with van der Waals surface area (Å²) in [6.45, 7) is 2.08. The van der Waals surface area contributed by atoms with Crippen molar-refractivity contribution in [3.05, 3.63) is 52.3 Å². The molecule has 2 rings (SSSR count). The van der Waals surface area contributed by atoms with Crippen molar-refractivity contribution in [2.75, 3.05) is 0 Å². The summed E-state index contributed by atoms with van der Waals surface area (Å²) in [5, 5.41) is 0. The Bertz CT molecular complexity index is 697. The lowest BCUT2D eigenvalue weighted by Crippen LogP contribution is -2.26. The third-order valence-electron chi connectivity index (χ3n) is 2.93. The molecular weight excluding hydrogens is 342 g/mol. The Morgan fingerprint density at radius 1 is 1.40 bits per heavy atom. The van der Waals surface area contributed by atoms with E-state index in [1.807, 2.05) is 24.3 Å². The number of H-pyrrole nitrogens is 1. The van der Waals surface area contributed by atoms with Crippen LogP contribution in [0.2, 0.25) is 0 Å². The van der Waals surface area contributed by atoms with E-state index in [0.717, 1.165) is 10.0 Å². The molecule has 1 aromatic carbocycles. The topological polar surface area (TPSA) is 88.0 Å². The smallest absolute Gasteiger partial charge is 0.242 e. The molecule has 1 aromatic heterocycles.